The first-order valence-electron chi connectivity index (χ1n) is 7.68. The van der Waals surface area contributed by atoms with E-state index in [2.05, 4.69) is 4.99 Å². The molecule has 1 amide bonds. The molecule has 130 valence electrons. The van der Waals surface area contributed by atoms with E-state index in [1.54, 1.807) is 0 Å². The van der Waals surface area contributed by atoms with Crippen LogP contribution >= 0.6 is 11.8 Å². The Hall–Kier alpha value is -1.38. The van der Waals surface area contributed by atoms with Gasteiger partial charge in [0, 0.05) is 18.9 Å². The Labute approximate surface area is 146 Å². The van der Waals surface area contributed by atoms with Crippen LogP contribution in [0.4, 0.5) is 0 Å². The van der Waals surface area contributed by atoms with Gasteiger partial charge in [-0.3, -0.25) is 4.79 Å². The van der Waals surface area contributed by atoms with Crippen molar-refractivity contribution in [3.8, 4) is 0 Å². The van der Waals surface area contributed by atoms with Crippen molar-refractivity contribution in [2.45, 2.75) is 24.8 Å². The number of thioether (sulfide) groups is 1. The fourth-order valence-corrected chi connectivity index (χ4v) is 6.94. The maximum Gasteiger partial charge on any atom is 0.274 e. The molecule has 2 fully saturated rings. The molecule has 0 spiro atoms. The number of hydrogen-bond donors (Lipinski definition) is 0. The van der Waals surface area contributed by atoms with Gasteiger partial charge in [-0.15, -0.1) is 0 Å². The van der Waals surface area contributed by atoms with E-state index < -0.39 is 9.84 Å². The molecule has 8 heteroatoms. The minimum Gasteiger partial charge on any atom is -0.375 e. The van der Waals surface area contributed by atoms with Gasteiger partial charge in [-0.25, -0.2) is 8.42 Å². The van der Waals surface area contributed by atoms with Gasteiger partial charge in [0.15, 0.2) is 15.0 Å². The Morgan fingerprint density at radius 1 is 1.33 bits per heavy atom. The van der Waals surface area contributed by atoms with Gasteiger partial charge in [0.1, 0.15) is 6.61 Å². The standard InChI is InChI=1S/C16H20N2O4S2/c1-11-3-5-12(6-4-11)7-18-13-9-24(20,21)10-14(13)23-16(18)17-15(19)8-22-2/h3-6,13-14H,7-10H2,1-2H3/t13-,14-/m0/s1. The molecule has 2 saturated heterocycles. The number of ether oxygens (including phenoxy) is 1. The number of hydrogen-bond acceptors (Lipinski definition) is 5. The maximum absolute atomic E-state index is 12.0. The third-order valence-electron chi connectivity index (χ3n) is 4.14. The summed E-state index contributed by atoms with van der Waals surface area (Å²) in [5, 5.41) is 0.539. The quantitative estimate of drug-likeness (QED) is 0.796. The summed E-state index contributed by atoms with van der Waals surface area (Å²) in [6, 6.07) is 7.95. The number of sulfone groups is 1. The molecule has 2 heterocycles. The number of carbonyl (C=O) groups excluding carboxylic acids is 1. The van der Waals surface area contributed by atoms with Crippen molar-refractivity contribution >= 4 is 32.7 Å². The highest BCUT2D eigenvalue weighted by Gasteiger charge is 2.48. The van der Waals surface area contributed by atoms with Crippen LogP contribution in [0.1, 0.15) is 11.1 Å². The number of carbonyl (C=O) groups is 1. The maximum atomic E-state index is 12.0. The number of benzene rings is 1. The highest BCUT2D eigenvalue weighted by atomic mass is 32.2. The molecule has 2 atom stereocenters. The van der Waals surface area contributed by atoms with E-state index >= 15 is 0 Å². The molecule has 2 aliphatic heterocycles. The Bertz CT molecular complexity index is 759. The lowest BCUT2D eigenvalue weighted by Gasteiger charge is -2.24. The van der Waals surface area contributed by atoms with Crippen LogP contribution in [0.2, 0.25) is 0 Å². The lowest BCUT2D eigenvalue weighted by molar-refractivity contribution is -0.121. The summed E-state index contributed by atoms with van der Waals surface area (Å²) in [6.45, 7) is 2.49. The molecule has 2 aliphatic rings. The summed E-state index contributed by atoms with van der Waals surface area (Å²) in [7, 11) is -1.58. The highest BCUT2D eigenvalue weighted by molar-refractivity contribution is 8.15. The number of methoxy groups -OCH3 is 1. The van der Waals surface area contributed by atoms with Crippen molar-refractivity contribution in [1.29, 1.82) is 0 Å². The van der Waals surface area contributed by atoms with Crippen molar-refractivity contribution < 1.29 is 17.9 Å². The molecular weight excluding hydrogens is 348 g/mol. The van der Waals surface area contributed by atoms with Crippen molar-refractivity contribution in [1.82, 2.24) is 4.90 Å². The van der Waals surface area contributed by atoms with Crippen LogP contribution in [0.25, 0.3) is 0 Å². The monoisotopic (exact) mass is 368 g/mol. The SMILES string of the molecule is COCC(=O)N=C1S[C@H]2CS(=O)(=O)C[C@@H]2N1Cc1ccc(C)cc1. The second-order valence-corrected chi connectivity index (χ2v) is 9.50. The molecule has 24 heavy (non-hydrogen) atoms. The molecule has 0 radical (unpaired) electrons. The minimum atomic E-state index is -3.03. The molecule has 0 unspecified atom stereocenters. The lowest BCUT2D eigenvalue weighted by Crippen LogP contribution is -2.37. The minimum absolute atomic E-state index is 0.0606. The number of rotatable bonds is 4. The Balaban J connectivity index is 1.86. The number of nitrogens with zero attached hydrogens (tertiary/aromatic N) is 2. The summed E-state index contributed by atoms with van der Waals surface area (Å²) >= 11 is 1.39. The van der Waals surface area contributed by atoms with E-state index in [1.807, 2.05) is 36.1 Å². The number of aryl methyl sites for hydroxylation is 1. The molecule has 0 N–H and O–H groups in total. The molecule has 0 bridgehead atoms. The first kappa shape index (κ1) is 17.4. The van der Waals surface area contributed by atoms with Gasteiger partial charge in [0.2, 0.25) is 0 Å². The van der Waals surface area contributed by atoms with Gasteiger partial charge < -0.3 is 9.64 Å². The molecule has 1 aromatic carbocycles. The zero-order valence-electron chi connectivity index (χ0n) is 13.6. The molecule has 1 aromatic rings. The summed E-state index contributed by atoms with van der Waals surface area (Å²) in [5.74, 6) is -0.0881. The normalized spacial score (nSPS) is 26.8. The van der Waals surface area contributed by atoms with Crippen LogP contribution in [-0.2, 0) is 25.9 Å². The van der Waals surface area contributed by atoms with Crippen LogP contribution in [0.5, 0.6) is 0 Å². The van der Waals surface area contributed by atoms with E-state index in [0.717, 1.165) is 5.56 Å². The largest absolute Gasteiger partial charge is 0.375 e. The predicted molar refractivity (Wildman–Crippen MR) is 94.9 cm³/mol. The Morgan fingerprint density at radius 2 is 2.04 bits per heavy atom. The van der Waals surface area contributed by atoms with Crippen molar-refractivity contribution in [3.05, 3.63) is 35.4 Å². The molecule has 6 nitrogen and oxygen atoms in total. The van der Waals surface area contributed by atoms with E-state index in [9.17, 15) is 13.2 Å². The third-order valence-corrected chi connectivity index (χ3v) is 7.38. The second-order valence-electron chi connectivity index (χ2n) is 6.14. The Kier molecular flexibility index (Phi) is 4.98. The van der Waals surface area contributed by atoms with Crippen molar-refractivity contribution in [2.75, 3.05) is 25.2 Å². The van der Waals surface area contributed by atoms with Crippen LogP contribution in [0.3, 0.4) is 0 Å². The van der Waals surface area contributed by atoms with Crippen molar-refractivity contribution in [3.63, 3.8) is 0 Å². The number of fused-ring (bicyclic) bond motifs is 1. The van der Waals surface area contributed by atoms with E-state index in [-0.39, 0.29) is 35.3 Å². The summed E-state index contributed by atoms with van der Waals surface area (Å²) < 4.78 is 28.7. The second kappa shape index (κ2) is 6.85. The van der Waals surface area contributed by atoms with Gasteiger partial charge >= 0.3 is 0 Å². The van der Waals surface area contributed by atoms with Crippen molar-refractivity contribution in [2.24, 2.45) is 4.99 Å². The van der Waals surface area contributed by atoms with Crippen LogP contribution in [0.15, 0.2) is 29.3 Å². The van der Waals surface area contributed by atoms with Crippen LogP contribution < -0.4 is 0 Å². The topological polar surface area (TPSA) is 76.0 Å². The smallest absolute Gasteiger partial charge is 0.274 e. The molecule has 0 aromatic heterocycles. The zero-order valence-corrected chi connectivity index (χ0v) is 15.3. The molecule has 3 rings (SSSR count). The van der Waals surface area contributed by atoms with Gasteiger partial charge in [0.05, 0.1) is 17.5 Å². The molecular formula is C16H20N2O4S2. The van der Waals surface area contributed by atoms with E-state index in [1.165, 1.54) is 24.4 Å². The first-order chi connectivity index (χ1) is 11.4. The highest BCUT2D eigenvalue weighted by Crippen LogP contribution is 2.39. The average Bonchev–Trinajstić information content (AvgIpc) is 2.95. The number of amides is 1. The van der Waals surface area contributed by atoms with Gasteiger partial charge in [-0.2, -0.15) is 4.99 Å². The fraction of sp³-hybridized carbons (Fsp3) is 0.500. The van der Waals surface area contributed by atoms with Gasteiger partial charge in [-0.1, -0.05) is 41.6 Å². The van der Waals surface area contributed by atoms with Crippen LogP contribution in [0, 0.1) is 6.92 Å². The molecule has 0 saturated carbocycles. The van der Waals surface area contributed by atoms with E-state index in [0.29, 0.717) is 11.7 Å². The predicted octanol–water partition coefficient (Wildman–Crippen LogP) is 1.24. The summed E-state index contributed by atoms with van der Waals surface area (Å²) in [6.07, 6.45) is 0. The molecule has 0 aliphatic carbocycles. The Morgan fingerprint density at radius 3 is 2.71 bits per heavy atom. The fourth-order valence-electron chi connectivity index (χ4n) is 2.97. The third kappa shape index (κ3) is 3.81. The zero-order chi connectivity index (χ0) is 17.3. The van der Waals surface area contributed by atoms with Crippen LogP contribution in [-0.4, -0.2) is 60.9 Å². The summed E-state index contributed by atoms with van der Waals surface area (Å²) in [5.41, 5.74) is 2.23. The average molecular weight is 368 g/mol. The van der Waals surface area contributed by atoms with Gasteiger partial charge in [-0.05, 0) is 12.5 Å². The lowest BCUT2D eigenvalue weighted by atomic mass is 10.1. The first-order valence-corrected chi connectivity index (χ1v) is 10.4. The van der Waals surface area contributed by atoms with E-state index in [4.69, 9.17) is 4.74 Å². The summed E-state index contributed by atoms with van der Waals surface area (Å²) in [4.78, 5) is 17.9. The number of aliphatic imine (C=N–C) groups is 1. The van der Waals surface area contributed by atoms with Gasteiger partial charge in [0.25, 0.3) is 5.91 Å². The number of amidine groups is 1.